The number of rotatable bonds is 49. The highest BCUT2D eigenvalue weighted by Gasteiger charge is 2.17. The van der Waals surface area contributed by atoms with Gasteiger partial charge >= 0.3 is 11.9 Å². The fraction of sp³-hybridized carbons (Fsp3) is 0.672. The molecule has 0 rings (SSSR count). The molecule has 0 aliphatic carbocycles. The first-order valence-electron chi connectivity index (χ1n) is 27.4. The van der Waals surface area contributed by atoms with Gasteiger partial charge in [-0.05, 0) is 122 Å². The van der Waals surface area contributed by atoms with Crippen molar-refractivity contribution in [1.29, 1.82) is 0 Å². The molecule has 0 bridgehead atoms. The third-order valence-corrected chi connectivity index (χ3v) is 11.3. The molecule has 0 saturated heterocycles. The zero-order valence-corrected chi connectivity index (χ0v) is 43.2. The minimum atomic E-state index is -0.565. The van der Waals surface area contributed by atoms with Crippen molar-refractivity contribution in [3.8, 4) is 0 Å². The average molecular weight is 915 g/mol. The lowest BCUT2D eigenvalue weighted by Gasteiger charge is -2.18. The van der Waals surface area contributed by atoms with Gasteiger partial charge in [0.2, 0.25) is 0 Å². The molecule has 0 aliphatic heterocycles. The maximum Gasteiger partial charge on any atom is 0.306 e. The molecule has 0 saturated carbocycles. The third-order valence-electron chi connectivity index (χ3n) is 11.3. The lowest BCUT2D eigenvalue weighted by atomic mass is 10.1. The summed E-state index contributed by atoms with van der Waals surface area (Å²) >= 11 is 0. The largest absolute Gasteiger partial charge is 0.462 e. The van der Waals surface area contributed by atoms with Crippen molar-refractivity contribution in [3.05, 3.63) is 109 Å². The summed E-state index contributed by atoms with van der Waals surface area (Å²) in [5.74, 6) is -0.447. The Kier molecular flexibility index (Phi) is 53.0. The van der Waals surface area contributed by atoms with Crippen LogP contribution in [0.4, 0.5) is 0 Å². The topological polar surface area (TPSA) is 61.8 Å². The molecule has 5 nitrogen and oxygen atoms in total. The Bertz CT molecular complexity index is 1310. The number of hydrogen-bond acceptors (Lipinski definition) is 5. The van der Waals surface area contributed by atoms with E-state index in [0.29, 0.717) is 19.4 Å². The smallest absolute Gasteiger partial charge is 0.306 e. The Morgan fingerprint density at radius 1 is 0.348 bits per heavy atom. The maximum atomic E-state index is 12.8. The summed E-state index contributed by atoms with van der Waals surface area (Å²) in [6.45, 7) is 7.52. The van der Waals surface area contributed by atoms with Crippen LogP contribution >= 0.6 is 0 Å². The Labute approximate surface area is 408 Å². The maximum absolute atomic E-state index is 12.8. The number of carbonyl (C=O) groups excluding carboxylic acids is 2. The van der Waals surface area contributed by atoms with Gasteiger partial charge in [0.15, 0.2) is 6.10 Å². The van der Waals surface area contributed by atoms with Crippen LogP contribution in [-0.4, -0.2) is 37.9 Å². The van der Waals surface area contributed by atoms with E-state index in [4.69, 9.17) is 14.2 Å². The quantitative estimate of drug-likeness (QED) is 0.0346. The van der Waals surface area contributed by atoms with Crippen LogP contribution in [0.1, 0.15) is 239 Å². The zero-order chi connectivity index (χ0) is 47.7. The number of esters is 2. The van der Waals surface area contributed by atoms with Crippen LogP contribution in [0.5, 0.6) is 0 Å². The summed E-state index contributed by atoms with van der Waals surface area (Å²) < 4.78 is 17.4. The van der Waals surface area contributed by atoms with Crippen LogP contribution in [-0.2, 0) is 23.8 Å². The predicted octanol–water partition coefficient (Wildman–Crippen LogP) is 18.8. The van der Waals surface area contributed by atoms with Crippen LogP contribution in [0.15, 0.2) is 109 Å². The highest BCUT2D eigenvalue weighted by atomic mass is 16.6. The van der Waals surface area contributed by atoms with Gasteiger partial charge in [-0.15, -0.1) is 0 Å². The first kappa shape index (κ1) is 62.6. The average Bonchev–Trinajstić information content (AvgIpc) is 3.32. The minimum Gasteiger partial charge on any atom is -0.462 e. The molecule has 1 atom stereocenters. The second-order valence-electron chi connectivity index (χ2n) is 17.7. The molecule has 0 radical (unpaired) electrons. The molecular weight excluding hydrogens is 813 g/mol. The summed E-state index contributed by atoms with van der Waals surface area (Å²) in [4.78, 5) is 25.5. The molecule has 0 aromatic carbocycles. The monoisotopic (exact) mass is 915 g/mol. The van der Waals surface area contributed by atoms with Crippen LogP contribution < -0.4 is 0 Å². The van der Waals surface area contributed by atoms with Crippen molar-refractivity contribution < 1.29 is 23.8 Å². The van der Waals surface area contributed by atoms with Crippen molar-refractivity contribution in [2.24, 2.45) is 0 Å². The van der Waals surface area contributed by atoms with E-state index in [1.165, 1.54) is 83.5 Å². The number of carbonyl (C=O) groups is 2. The van der Waals surface area contributed by atoms with Gasteiger partial charge in [-0.25, -0.2) is 0 Å². The molecule has 0 heterocycles. The fourth-order valence-electron chi connectivity index (χ4n) is 7.25. The summed E-state index contributed by atoms with van der Waals surface area (Å²) in [6, 6.07) is 0. The normalized spacial score (nSPS) is 13.1. The predicted molar refractivity (Wildman–Crippen MR) is 288 cm³/mol. The molecule has 0 fully saturated rings. The Morgan fingerprint density at radius 3 is 1.09 bits per heavy atom. The van der Waals surface area contributed by atoms with E-state index in [1.54, 1.807) is 0 Å². The van der Waals surface area contributed by atoms with Crippen LogP contribution in [0.2, 0.25) is 0 Å². The van der Waals surface area contributed by atoms with Crippen molar-refractivity contribution in [3.63, 3.8) is 0 Å². The van der Waals surface area contributed by atoms with Gasteiger partial charge < -0.3 is 14.2 Å². The van der Waals surface area contributed by atoms with Crippen molar-refractivity contribution in [1.82, 2.24) is 0 Å². The summed E-state index contributed by atoms with van der Waals surface area (Å²) in [5.41, 5.74) is 0. The van der Waals surface area contributed by atoms with E-state index >= 15 is 0 Å². The standard InChI is InChI=1S/C61H102O5/c1-4-7-10-13-16-19-22-25-28-30-32-35-38-41-44-47-50-53-56-64-57-59(66-61(63)55-52-49-46-43-40-37-33-27-24-21-18-15-12-9-6-3)58-65-60(62)54-51-48-45-42-39-36-34-31-29-26-23-20-17-14-11-8-5-2/h7-8,10-11,16-21,25-29,33-34,36,59H,4-6,9,12-15,22-24,30-32,35,37-58H2,1-3H3/b10-7-,11-8-,19-16-,20-17-,21-18-,28-25-,29-26-,33-27-,36-34-. The second kappa shape index (κ2) is 55.9. The molecule has 376 valence electrons. The number of hydrogen-bond donors (Lipinski definition) is 0. The van der Waals surface area contributed by atoms with Gasteiger partial charge in [0, 0.05) is 19.4 Å². The van der Waals surface area contributed by atoms with E-state index in [9.17, 15) is 9.59 Å². The van der Waals surface area contributed by atoms with Gasteiger partial charge in [0.1, 0.15) is 6.61 Å². The molecule has 5 heteroatoms. The minimum absolute atomic E-state index is 0.0579. The highest BCUT2D eigenvalue weighted by Crippen LogP contribution is 2.13. The van der Waals surface area contributed by atoms with Gasteiger partial charge in [0.05, 0.1) is 6.61 Å². The first-order valence-corrected chi connectivity index (χ1v) is 27.4. The summed E-state index contributed by atoms with van der Waals surface area (Å²) in [6.07, 6.45) is 76.7. The molecule has 0 N–H and O–H groups in total. The molecule has 0 aromatic heterocycles. The SMILES string of the molecule is CC/C=C\C/C=C\C/C=C\C/C=C\CCCCCCC(=O)OCC(COCCCCCCCCCC/C=C\C/C=C\C/C=C\CC)OC(=O)CCCCCCC/C=C\C/C=C\CCCCC. The Balaban J connectivity index is 4.37. The number of allylic oxidation sites excluding steroid dienone is 18. The molecule has 0 spiro atoms. The lowest BCUT2D eigenvalue weighted by Crippen LogP contribution is -2.30. The van der Waals surface area contributed by atoms with Crippen molar-refractivity contribution >= 4 is 11.9 Å². The zero-order valence-electron chi connectivity index (χ0n) is 43.2. The number of unbranched alkanes of at least 4 members (excludes halogenated alkanes) is 20. The van der Waals surface area contributed by atoms with Gasteiger partial charge in [0.25, 0.3) is 0 Å². The van der Waals surface area contributed by atoms with E-state index < -0.39 is 6.10 Å². The highest BCUT2D eigenvalue weighted by molar-refractivity contribution is 5.70. The molecular formula is C61H102O5. The molecule has 0 aromatic rings. The van der Waals surface area contributed by atoms with Crippen LogP contribution in [0, 0.1) is 0 Å². The van der Waals surface area contributed by atoms with E-state index in [1.807, 2.05) is 0 Å². The summed E-state index contributed by atoms with van der Waals surface area (Å²) in [5, 5.41) is 0. The third kappa shape index (κ3) is 53.2. The fourth-order valence-corrected chi connectivity index (χ4v) is 7.25. The molecule has 66 heavy (non-hydrogen) atoms. The van der Waals surface area contributed by atoms with Crippen molar-refractivity contribution in [2.75, 3.05) is 19.8 Å². The second-order valence-corrected chi connectivity index (χ2v) is 17.7. The van der Waals surface area contributed by atoms with Crippen LogP contribution in [0.25, 0.3) is 0 Å². The Morgan fingerprint density at radius 2 is 0.682 bits per heavy atom. The van der Waals surface area contributed by atoms with Crippen LogP contribution in [0.3, 0.4) is 0 Å². The summed E-state index contributed by atoms with van der Waals surface area (Å²) in [7, 11) is 0. The van der Waals surface area contributed by atoms with E-state index in [2.05, 4.69) is 130 Å². The lowest BCUT2D eigenvalue weighted by molar-refractivity contribution is -0.163. The first-order chi connectivity index (χ1) is 32.6. The molecule has 0 aliphatic rings. The molecule has 1 unspecified atom stereocenters. The van der Waals surface area contributed by atoms with Gasteiger partial charge in [-0.2, -0.15) is 0 Å². The van der Waals surface area contributed by atoms with E-state index in [-0.39, 0.29) is 25.2 Å². The van der Waals surface area contributed by atoms with E-state index in [0.717, 1.165) is 122 Å². The van der Waals surface area contributed by atoms with Crippen molar-refractivity contribution in [2.45, 2.75) is 245 Å². The van der Waals surface area contributed by atoms with Gasteiger partial charge in [-0.1, -0.05) is 214 Å². The molecule has 0 amide bonds. The van der Waals surface area contributed by atoms with Gasteiger partial charge in [-0.3, -0.25) is 9.59 Å². The number of ether oxygens (including phenoxy) is 3. The Hall–Kier alpha value is -3.44.